The molecule has 3 rings (SSSR count). The van der Waals surface area contributed by atoms with Gasteiger partial charge in [0.1, 0.15) is 0 Å². The maximum Gasteiger partial charge on any atom is 0.416 e. The van der Waals surface area contributed by atoms with Crippen LogP contribution in [-0.2, 0) is 23.6 Å². The van der Waals surface area contributed by atoms with Crippen LogP contribution in [0.2, 0.25) is 0 Å². The number of carboxylic acid groups (broad SMARTS) is 1. The molecule has 0 saturated carbocycles. The fraction of sp³-hybridized carbons (Fsp3) is 0.273. The van der Waals surface area contributed by atoms with Gasteiger partial charge in [0.15, 0.2) is 0 Å². The fourth-order valence-electron chi connectivity index (χ4n) is 3.55. The lowest BCUT2D eigenvalue weighted by molar-refractivity contribution is -0.143. The Balaban J connectivity index is 1.98. The molecule has 1 aromatic heterocycles. The maximum atomic E-state index is 13.2. The molecule has 0 radical (unpaired) electrons. The molecular weight excluding hydrogens is 454 g/mol. The normalized spacial score (nSPS) is 13.2. The van der Waals surface area contributed by atoms with Gasteiger partial charge in [-0.15, -0.1) is 0 Å². The highest BCUT2D eigenvalue weighted by molar-refractivity contribution is 5.95. The second kappa shape index (κ2) is 8.80. The Kier molecular flexibility index (Phi) is 6.44. The number of aliphatic carboxylic acids is 1. The quantitative estimate of drug-likeness (QED) is 0.475. The Morgan fingerprint density at radius 2 is 1.58 bits per heavy atom. The van der Waals surface area contributed by atoms with Crippen LogP contribution in [0.4, 0.5) is 26.3 Å². The van der Waals surface area contributed by atoms with E-state index < -0.39 is 53.4 Å². The lowest BCUT2D eigenvalue weighted by atomic mass is 9.99. The van der Waals surface area contributed by atoms with Gasteiger partial charge < -0.3 is 15.0 Å². The second-order valence-corrected chi connectivity index (χ2v) is 7.53. The van der Waals surface area contributed by atoms with E-state index in [1.165, 1.54) is 0 Å². The summed E-state index contributed by atoms with van der Waals surface area (Å²) in [5.41, 5.74) is -2.69. The molecule has 0 fully saturated rings. The van der Waals surface area contributed by atoms with Crippen LogP contribution in [0.1, 0.15) is 33.5 Å². The predicted molar refractivity (Wildman–Crippen MR) is 107 cm³/mol. The molecule has 2 N–H and O–H groups in total. The van der Waals surface area contributed by atoms with Crippen molar-refractivity contribution in [3.05, 3.63) is 70.9 Å². The van der Waals surface area contributed by atoms with Crippen molar-refractivity contribution in [1.29, 1.82) is 0 Å². The summed E-state index contributed by atoms with van der Waals surface area (Å²) in [4.78, 5) is 28.2. The number of para-hydroxylation sites is 1. The number of H-pyrrole nitrogens is 1. The molecule has 3 aromatic rings. The van der Waals surface area contributed by atoms with Gasteiger partial charge in [0, 0.05) is 35.8 Å². The molecule has 0 aliphatic heterocycles. The Hall–Kier alpha value is -3.50. The third-order valence-electron chi connectivity index (χ3n) is 5.24. The van der Waals surface area contributed by atoms with Gasteiger partial charge in [-0.3, -0.25) is 9.59 Å². The molecule has 5 nitrogen and oxygen atoms in total. The van der Waals surface area contributed by atoms with Gasteiger partial charge in [-0.1, -0.05) is 18.2 Å². The van der Waals surface area contributed by atoms with Crippen molar-refractivity contribution in [3.63, 3.8) is 0 Å². The molecule has 0 saturated heterocycles. The Bertz CT molecular complexity index is 1150. The molecule has 33 heavy (non-hydrogen) atoms. The van der Waals surface area contributed by atoms with E-state index >= 15 is 0 Å². The molecule has 0 bridgehead atoms. The van der Waals surface area contributed by atoms with E-state index in [1.807, 2.05) is 0 Å². The monoisotopic (exact) mass is 472 g/mol. The number of halogens is 6. The zero-order valence-corrected chi connectivity index (χ0v) is 17.1. The molecule has 1 atom stereocenters. The maximum absolute atomic E-state index is 13.2. The van der Waals surface area contributed by atoms with Crippen LogP contribution in [-0.4, -0.2) is 40.0 Å². The number of nitrogens with zero attached hydrogens (tertiary/aromatic N) is 1. The van der Waals surface area contributed by atoms with Crippen LogP contribution in [0.3, 0.4) is 0 Å². The number of aromatic nitrogens is 1. The number of amides is 1. The SMILES string of the molecule is CN(C(=O)c1cc(C(F)(F)F)cc(C(F)(F)F)c1)C(CC(=O)O)Cc1c[nH]c2ccccc12. The zero-order chi connectivity index (χ0) is 24.6. The number of alkyl halides is 6. The first-order valence-electron chi connectivity index (χ1n) is 9.61. The number of nitrogens with one attached hydrogen (secondary N) is 1. The van der Waals surface area contributed by atoms with Crippen molar-refractivity contribution in [3.8, 4) is 0 Å². The van der Waals surface area contributed by atoms with E-state index in [0.717, 1.165) is 22.9 Å². The molecule has 0 spiro atoms. The Morgan fingerprint density at radius 1 is 1.00 bits per heavy atom. The average molecular weight is 472 g/mol. The van der Waals surface area contributed by atoms with E-state index in [-0.39, 0.29) is 12.5 Å². The molecule has 176 valence electrons. The number of hydrogen-bond donors (Lipinski definition) is 2. The van der Waals surface area contributed by atoms with Gasteiger partial charge in [-0.05, 0) is 36.2 Å². The van der Waals surface area contributed by atoms with Gasteiger partial charge in [0.05, 0.1) is 17.5 Å². The summed E-state index contributed by atoms with van der Waals surface area (Å²) in [6, 6.07) is 6.64. The van der Waals surface area contributed by atoms with E-state index in [0.29, 0.717) is 17.7 Å². The largest absolute Gasteiger partial charge is 0.481 e. The molecular formula is C22H18F6N2O3. The van der Waals surface area contributed by atoms with Crippen LogP contribution in [0, 0.1) is 0 Å². The smallest absolute Gasteiger partial charge is 0.416 e. The highest BCUT2D eigenvalue weighted by Crippen LogP contribution is 2.36. The van der Waals surface area contributed by atoms with Crippen molar-refractivity contribution in [1.82, 2.24) is 9.88 Å². The summed E-state index contributed by atoms with van der Waals surface area (Å²) >= 11 is 0. The number of carboxylic acids is 1. The van der Waals surface area contributed by atoms with Crippen molar-refractivity contribution >= 4 is 22.8 Å². The van der Waals surface area contributed by atoms with Crippen LogP contribution in [0.5, 0.6) is 0 Å². The van der Waals surface area contributed by atoms with E-state index in [2.05, 4.69) is 4.98 Å². The number of likely N-dealkylation sites (N-methyl/N-ethyl adjacent to an activating group) is 1. The van der Waals surface area contributed by atoms with Crippen molar-refractivity contribution in [2.24, 2.45) is 0 Å². The van der Waals surface area contributed by atoms with Crippen LogP contribution < -0.4 is 0 Å². The minimum atomic E-state index is -5.11. The summed E-state index contributed by atoms with van der Waals surface area (Å²) in [7, 11) is 1.15. The standard InChI is InChI=1S/C22H18F6N2O3/c1-30(16(10-19(31)32)8-13-11-29-18-5-3-2-4-17(13)18)20(33)12-6-14(21(23,24)25)9-15(7-12)22(26,27)28/h2-7,9,11,16,29H,8,10H2,1H3,(H,31,32). The van der Waals surface area contributed by atoms with E-state index in [9.17, 15) is 41.0 Å². The van der Waals surface area contributed by atoms with Gasteiger partial charge in [0.25, 0.3) is 5.91 Å². The number of rotatable bonds is 6. The number of carbonyl (C=O) groups is 2. The van der Waals surface area contributed by atoms with Crippen LogP contribution >= 0.6 is 0 Å². The summed E-state index contributed by atoms with van der Waals surface area (Å²) in [6.07, 6.45) is -9.15. The number of hydrogen-bond acceptors (Lipinski definition) is 2. The molecule has 1 unspecified atom stereocenters. The van der Waals surface area contributed by atoms with Gasteiger partial charge in [0.2, 0.25) is 0 Å². The first-order valence-corrected chi connectivity index (χ1v) is 9.61. The van der Waals surface area contributed by atoms with Gasteiger partial charge in [-0.2, -0.15) is 26.3 Å². The van der Waals surface area contributed by atoms with Crippen molar-refractivity contribution < 1.29 is 41.0 Å². The minimum Gasteiger partial charge on any atom is -0.481 e. The average Bonchev–Trinajstić information content (AvgIpc) is 3.13. The number of fused-ring (bicyclic) bond motifs is 1. The zero-order valence-electron chi connectivity index (χ0n) is 17.1. The molecule has 1 amide bonds. The summed E-state index contributed by atoms with van der Waals surface area (Å²) in [5, 5.41) is 10.0. The third-order valence-corrected chi connectivity index (χ3v) is 5.24. The molecule has 0 aliphatic rings. The topological polar surface area (TPSA) is 73.4 Å². The third kappa shape index (κ3) is 5.47. The first-order chi connectivity index (χ1) is 15.3. The van der Waals surface area contributed by atoms with E-state index in [4.69, 9.17) is 0 Å². The molecule has 0 aliphatic carbocycles. The molecule has 2 aromatic carbocycles. The van der Waals surface area contributed by atoms with Crippen LogP contribution in [0.25, 0.3) is 10.9 Å². The second-order valence-electron chi connectivity index (χ2n) is 7.53. The van der Waals surface area contributed by atoms with Crippen molar-refractivity contribution in [2.45, 2.75) is 31.2 Å². The minimum absolute atomic E-state index is 0.0175. The number of aromatic amines is 1. The Labute approximate surface area is 183 Å². The van der Waals surface area contributed by atoms with Crippen molar-refractivity contribution in [2.75, 3.05) is 7.05 Å². The van der Waals surface area contributed by atoms with Crippen LogP contribution in [0.15, 0.2) is 48.7 Å². The highest BCUT2D eigenvalue weighted by atomic mass is 19.4. The lowest BCUT2D eigenvalue weighted by Crippen LogP contribution is -2.40. The van der Waals surface area contributed by atoms with E-state index in [1.54, 1.807) is 30.5 Å². The lowest BCUT2D eigenvalue weighted by Gasteiger charge is -2.28. The first kappa shape index (κ1) is 24.1. The molecule has 1 heterocycles. The molecule has 11 heteroatoms. The fourth-order valence-corrected chi connectivity index (χ4v) is 3.55. The summed E-state index contributed by atoms with van der Waals surface area (Å²) in [5.74, 6) is -2.43. The number of benzene rings is 2. The van der Waals surface area contributed by atoms with Gasteiger partial charge >= 0.3 is 18.3 Å². The summed E-state index contributed by atoms with van der Waals surface area (Å²) in [6.45, 7) is 0. The number of carbonyl (C=O) groups excluding carboxylic acids is 1. The highest BCUT2D eigenvalue weighted by Gasteiger charge is 2.38. The Morgan fingerprint density at radius 3 is 2.12 bits per heavy atom. The summed E-state index contributed by atoms with van der Waals surface area (Å²) < 4.78 is 78.9. The van der Waals surface area contributed by atoms with Gasteiger partial charge in [-0.25, -0.2) is 0 Å². The predicted octanol–water partition coefficient (Wildman–Crippen LogP) is 5.36.